The van der Waals surface area contributed by atoms with Crippen molar-refractivity contribution in [2.75, 3.05) is 18.9 Å². The Bertz CT molecular complexity index is 403. The van der Waals surface area contributed by atoms with Gasteiger partial charge in [-0.2, -0.15) is 0 Å². The Morgan fingerprint density at radius 2 is 2.00 bits per heavy atom. The number of hydrogen-bond donors (Lipinski definition) is 1. The molecule has 1 saturated carbocycles. The summed E-state index contributed by atoms with van der Waals surface area (Å²) in [7, 11) is 0. The van der Waals surface area contributed by atoms with Crippen LogP contribution < -0.4 is 5.32 Å². The lowest BCUT2D eigenvalue weighted by Gasteiger charge is -2.38. The van der Waals surface area contributed by atoms with E-state index in [0.717, 1.165) is 18.9 Å². The van der Waals surface area contributed by atoms with E-state index in [1.165, 1.54) is 43.4 Å². The molecule has 20 heavy (non-hydrogen) atoms. The Kier molecular flexibility index (Phi) is 5.03. The molecular weight excluding hydrogens is 266 g/mol. The number of ether oxygens (including phenoxy) is 1. The van der Waals surface area contributed by atoms with Gasteiger partial charge in [-0.25, -0.2) is 0 Å². The highest BCUT2D eigenvalue weighted by Crippen LogP contribution is 2.39. The molecule has 1 N–H and O–H groups in total. The summed E-state index contributed by atoms with van der Waals surface area (Å²) in [4.78, 5) is 1.37. The Morgan fingerprint density at radius 3 is 2.80 bits per heavy atom. The summed E-state index contributed by atoms with van der Waals surface area (Å²) < 4.78 is 6.09. The lowest BCUT2D eigenvalue weighted by molar-refractivity contribution is -0.0833. The van der Waals surface area contributed by atoms with Crippen molar-refractivity contribution < 1.29 is 4.74 Å². The molecule has 2 aliphatic rings. The first-order valence-corrected chi connectivity index (χ1v) is 8.90. The molecule has 2 fully saturated rings. The zero-order valence-electron chi connectivity index (χ0n) is 12.1. The maximum atomic E-state index is 6.09. The van der Waals surface area contributed by atoms with Crippen molar-refractivity contribution >= 4 is 11.8 Å². The van der Waals surface area contributed by atoms with Gasteiger partial charge in [0, 0.05) is 29.8 Å². The topological polar surface area (TPSA) is 21.3 Å². The molecule has 0 radical (unpaired) electrons. The normalized spacial score (nSPS) is 25.1. The fourth-order valence-corrected chi connectivity index (χ4v) is 4.32. The maximum Gasteiger partial charge on any atom is 0.0697 e. The molecule has 1 aliphatic heterocycles. The van der Waals surface area contributed by atoms with Crippen molar-refractivity contribution in [3.8, 4) is 0 Å². The summed E-state index contributed by atoms with van der Waals surface area (Å²) in [6.07, 6.45) is 7.68. The van der Waals surface area contributed by atoms with Crippen LogP contribution in [0, 0.1) is 0 Å². The average Bonchev–Trinajstić information content (AvgIpc) is 2.93. The minimum atomic E-state index is 0.239. The molecule has 110 valence electrons. The second-order valence-electron chi connectivity index (χ2n) is 6.04. The average molecular weight is 291 g/mol. The molecular formula is C17H25NOS. The second kappa shape index (κ2) is 6.97. The van der Waals surface area contributed by atoms with Gasteiger partial charge in [0.2, 0.25) is 0 Å². The third-order valence-corrected chi connectivity index (χ3v) is 5.57. The second-order valence-corrected chi connectivity index (χ2v) is 7.21. The molecule has 1 unspecified atom stereocenters. The summed E-state index contributed by atoms with van der Waals surface area (Å²) in [6, 6.07) is 11.3. The predicted molar refractivity (Wildman–Crippen MR) is 85.3 cm³/mol. The van der Waals surface area contributed by atoms with Crippen molar-refractivity contribution in [3.63, 3.8) is 0 Å². The van der Waals surface area contributed by atoms with Gasteiger partial charge in [0.25, 0.3) is 0 Å². The van der Waals surface area contributed by atoms with E-state index < -0.39 is 0 Å². The van der Waals surface area contributed by atoms with Crippen LogP contribution in [0.25, 0.3) is 0 Å². The third kappa shape index (κ3) is 3.78. The van der Waals surface area contributed by atoms with Crippen LogP contribution in [0.15, 0.2) is 35.2 Å². The van der Waals surface area contributed by atoms with E-state index in [0.29, 0.717) is 6.04 Å². The molecule has 0 bridgehead atoms. The summed E-state index contributed by atoms with van der Waals surface area (Å²) in [5.41, 5.74) is 0.239. The van der Waals surface area contributed by atoms with Gasteiger partial charge in [0.1, 0.15) is 0 Å². The summed E-state index contributed by atoms with van der Waals surface area (Å²) >= 11 is 1.94. The summed E-state index contributed by atoms with van der Waals surface area (Å²) in [5, 5.41) is 3.74. The van der Waals surface area contributed by atoms with E-state index in [2.05, 4.69) is 35.6 Å². The van der Waals surface area contributed by atoms with Crippen LogP contribution in [-0.4, -0.2) is 30.5 Å². The van der Waals surface area contributed by atoms with Crippen molar-refractivity contribution in [1.29, 1.82) is 0 Å². The minimum Gasteiger partial charge on any atom is -0.375 e. The molecule has 0 aromatic heterocycles. The van der Waals surface area contributed by atoms with Gasteiger partial charge in [-0.15, -0.1) is 11.8 Å². The SMILES string of the molecule is c1ccc(SCCNC2CCOC3(CCCC3)C2)cc1. The Labute approximate surface area is 126 Å². The van der Waals surface area contributed by atoms with Gasteiger partial charge in [-0.3, -0.25) is 0 Å². The lowest BCUT2D eigenvalue weighted by atomic mass is 9.89. The van der Waals surface area contributed by atoms with Gasteiger partial charge in [0.05, 0.1) is 5.60 Å². The van der Waals surface area contributed by atoms with Crippen LogP contribution in [0.4, 0.5) is 0 Å². The fraction of sp³-hybridized carbons (Fsp3) is 0.647. The van der Waals surface area contributed by atoms with Crippen LogP contribution in [-0.2, 0) is 4.74 Å². The number of rotatable bonds is 5. The first-order chi connectivity index (χ1) is 9.86. The third-order valence-electron chi connectivity index (χ3n) is 4.55. The fourth-order valence-electron chi connectivity index (χ4n) is 3.52. The molecule has 3 heteroatoms. The molecule has 1 spiro atoms. The quantitative estimate of drug-likeness (QED) is 0.657. The van der Waals surface area contributed by atoms with Gasteiger partial charge < -0.3 is 10.1 Å². The Hall–Kier alpha value is -0.510. The number of hydrogen-bond acceptors (Lipinski definition) is 3. The smallest absolute Gasteiger partial charge is 0.0697 e. The van der Waals surface area contributed by atoms with E-state index in [9.17, 15) is 0 Å². The highest BCUT2D eigenvalue weighted by Gasteiger charge is 2.39. The molecule has 3 rings (SSSR count). The molecule has 0 amide bonds. The van der Waals surface area contributed by atoms with E-state index in [4.69, 9.17) is 4.74 Å². The van der Waals surface area contributed by atoms with E-state index in [1.807, 2.05) is 11.8 Å². The van der Waals surface area contributed by atoms with Gasteiger partial charge >= 0.3 is 0 Å². The molecule has 1 atom stereocenters. The maximum absolute atomic E-state index is 6.09. The van der Waals surface area contributed by atoms with Crippen LogP contribution in [0.2, 0.25) is 0 Å². The molecule has 1 saturated heterocycles. The largest absolute Gasteiger partial charge is 0.375 e. The zero-order valence-corrected chi connectivity index (χ0v) is 13.0. The van der Waals surface area contributed by atoms with Crippen LogP contribution in [0.3, 0.4) is 0 Å². The highest BCUT2D eigenvalue weighted by molar-refractivity contribution is 7.99. The summed E-state index contributed by atoms with van der Waals surface area (Å²) in [5.74, 6) is 1.15. The molecule has 1 aromatic carbocycles. The monoisotopic (exact) mass is 291 g/mol. The molecule has 2 nitrogen and oxygen atoms in total. The van der Waals surface area contributed by atoms with Gasteiger partial charge in [-0.05, 0) is 37.8 Å². The standard InChI is InChI=1S/C17H25NOS/c1-2-6-16(7-3-1)20-13-11-18-15-8-12-19-17(14-15)9-4-5-10-17/h1-3,6-7,15,18H,4-5,8-14H2. The number of benzene rings is 1. The van der Waals surface area contributed by atoms with Gasteiger partial charge in [-0.1, -0.05) is 31.0 Å². The lowest BCUT2D eigenvalue weighted by Crippen LogP contribution is -2.46. The van der Waals surface area contributed by atoms with E-state index in [-0.39, 0.29) is 5.60 Å². The molecule has 1 aliphatic carbocycles. The molecule has 1 aromatic rings. The number of thioether (sulfide) groups is 1. The first kappa shape index (κ1) is 14.4. The van der Waals surface area contributed by atoms with E-state index in [1.54, 1.807) is 0 Å². The zero-order chi connectivity index (χ0) is 13.7. The first-order valence-electron chi connectivity index (χ1n) is 7.92. The van der Waals surface area contributed by atoms with Crippen molar-refractivity contribution in [1.82, 2.24) is 5.32 Å². The van der Waals surface area contributed by atoms with Crippen molar-refractivity contribution in [2.45, 2.75) is 55.1 Å². The van der Waals surface area contributed by atoms with E-state index >= 15 is 0 Å². The van der Waals surface area contributed by atoms with Gasteiger partial charge in [0.15, 0.2) is 0 Å². The Morgan fingerprint density at radius 1 is 1.20 bits per heavy atom. The number of nitrogens with one attached hydrogen (secondary N) is 1. The van der Waals surface area contributed by atoms with Crippen LogP contribution in [0.5, 0.6) is 0 Å². The highest BCUT2D eigenvalue weighted by atomic mass is 32.2. The minimum absolute atomic E-state index is 0.239. The molecule has 1 heterocycles. The van der Waals surface area contributed by atoms with Crippen molar-refractivity contribution in [2.24, 2.45) is 0 Å². The Balaban J connectivity index is 1.38. The van der Waals surface area contributed by atoms with Crippen LogP contribution in [0.1, 0.15) is 38.5 Å². The van der Waals surface area contributed by atoms with Crippen molar-refractivity contribution in [3.05, 3.63) is 30.3 Å². The van der Waals surface area contributed by atoms with Crippen LogP contribution >= 0.6 is 11.8 Å². The predicted octanol–water partition coefficient (Wildman–Crippen LogP) is 3.86. The summed E-state index contributed by atoms with van der Waals surface area (Å²) in [6.45, 7) is 2.05.